The number of ether oxygens (including phenoxy) is 2. The maximum atomic E-state index is 13.2. The zero-order valence-electron chi connectivity index (χ0n) is 42.8. The fourth-order valence-electron chi connectivity index (χ4n) is 8.67. The van der Waals surface area contributed by atoms with E-state index in [1.165, 1.54) is 167 Å². The first-order valence-electron chi connectivity index (χ1n) is 27.5. The van der Waals surface area contributed by atoms with E-state index in [2.05, 4.69) is 47.7 Å². The summed E-state index contributed by atoms with van der Waals surface area (Å²) in [6, 6.07) is -1.14. The van der Waals surface area contributed by atoms with Gasteiger partial charge in [0.2, 0.25) is 5.91 Å². The minimum Gasteiger partial charge on any atom is -0.394 e. The molecule has 7 N–H and O–H groups in total. The number of rotatable bonds is 47. The fraction of sp³-hybridized carbons (Fsp3) is 0.870. The Morgan fingerprint density at radius 2 is 0.985 bits per heavy atom. The number of amides is 1. The Morgan fingerprint density at radius 3 is 1.41 bits per heavy atom. The largest absolute Gasteiger partial charge is 0.397 e. The molecule has 0 spiro atoms. The molecule has 0 saturated carbocycles. The number of allylic oxidation sites excluding steroid dienone is 5. The van der Waals surface area contributed by atoms with Crippen LogP contribution in [0.4, 0.5) is 0 Å². The van der Waals surface area contributed by atoms with Gasteiger partial charge >= 0.3 is 10.4 Å². The molecule has 0 radical (unpaired) electrons. The van der Waals surface area contributed by atoms with Crippen molar-refractivity contribution >= 4 is 16.3 Å². The van der Waals surface area contributed by atoms with Crippen LogP contribution < -0.4 is 5.32 Å². The maximum absolute atomic E-state index is 13.2. The Balaban J connectivity index is 2.51. The van der Waals surface area contributed by atoms with E-state index in [-0.39, 0.29) is 6.42 Å². The minimum absolute atomic E-state index is 0.237. The van der Waals surface area contributed by atoms with E-state index >= 15 is 0 Å². The summed E-state index contributed by atoms with van der Waals surface area (Å²) >= 11 is 0. The summed E-state index contributed by atoms with van der Waals surface area (Å²) in [6.07, 6.45) is 42.2. The van der Waals surface area contributed by atoms with Gasteiger partial charge in [0.25, 0.3) is 0 Å². The molecule has 14 heteroatoms. The van der Waals surface area contributed by atoms with Gasteiger partial charge in [-0.25, -0.2) is 4.18 Å². The van der Waals surface area contributed by atoms with Gasteiger partial charge in [-0.15, -0.1) is 0 Å². The van der Waals surface area contributed by atoms with Gasteiger partial charge < -0.3 is 40.3 Å². The van der Waals surface area contributed by atoms with Gasteiger partial charge in [-0.3, -0.25) is 9.35 Å². The third-order valence-corrected chi connectivity index (χ3v) is 13.5. The van der Waals surface area contributed by atoms with Gasteiger partial charge in [0.05, 0.1) is 25.4 Å². The van der Waals surface area contributed by atoms with Crippen LogP contribution >= 0.6 is 0 Å². The van der Waals surface area contributed by atoms with Crippen LogP contribution in [0.15, 0.2) is 36.5 Å². The zero-order valence-corrected chi connectivity index (χ0v) is 43.6. The van der Waals surface area contributed by atoms with E-state index in [0.29, 0.717) is 12.8 Å². The molecule has 0 aliphatic carbocycles. The molecule has 13 nitrogen and oxygen atoms in total. The standard InChI is InChI=1S/C54H101NO12S/c1-3-5-7-9-11-13-15-17-19-21-23-24-25-27-28-30-32-34-36-38-40-42-47(57)46(45-65-54-51(60)52(67-68(62,63)64)50(59)49(44-56)66-54)55-53(61)48(58)43-41-39-37-35-33-31-29-26-22-20-18-16-14-12-10-8-6-4-2/h25,27,32,34,40,42,46-52,54,56-60H,3-24,26,28-31,33,35-39,41,43-45H2,1-2H3,(H,55,61)(H,62,63,64)/b27-25+,34-32+,42-40+. The third kappa shape index (κ3) is 35.4. The fourth-order valence-corrected chi connectivity index (χ4v) is 9.18. The van der Waals surface area contributed by atoms with Crippen LogP contribution in [-0.4, -0.2) is 107 Å². The molecule has 8 atom stereocenters. The summed E-state index contributed by atoms with van der Waals surface area (Å²) in [7, 11) is -5.13. The smallest absolute Gasteiger partial charge is 0.394 e. The van der Waals surface area contributed by atoms with Crippen LogP contribution in [-0.2, 0) is 28.9 Å². The second kappa shape index (κ2) is 44.0. The van der Waals surface area contributed by atoms with Crippen LogP contribution in [0.5, 0.6) is 0 Å². The first-order valence-corrected chi connectivity index (χ1v) is 28.8. The molecule has 0 aromatic carbocycles. The monoisotopic (exact) mass is 988 g/mol. The van der Waals surface area contributed by atoms with Crippen molar-refractivity contribution in [2.45, 2.75) is 288 Å². The summed E-state index contributed by atoms with van der Waals surface area (Å²) in [5.74, 6) is -0.713. The van der Waals surface area contributed by atoms with E-state index in [9.17, 15) is 43.3 Å². The highest BCUT2D eigenvalue weighted by atomic mass is 32.3. The first kappa shape index (κ1) is 64.3. The average molecular weight is 988 g/mol. The molecule has 400 valence electrons. The maximum Gasteiger partial charge on any atom is 0.397 e. The Labute approximate surface area is 414 Å². The lowest BCUT2D eigenvalue weighted by Gasteiger charge is -2.41. The zero-order chi connectivity index (χ0) is 49.9. The van der Waals surface area contributed by atoms with E-state index < -0.39 is 78.5 Å². The molecule has 1 amide bonds. The lowest BCUT2D eigenvalue weighted by molar-refractivity contribution is -0.298. The summed E-state index contributed by atoms with van der Waals surface area (Å²) in [5, 5.41) is 55.4. The van der Waals surface area contributed by atoms with Crippen molar-refractivity contribution in [2.75, 3.05) is 13.2 Å². The predicted octanol–water partition coefficient (Wildman–Crippen LogP) is 11.2. The lowest BCUT2D eigenvalue weighted by atomic mass is 9.99. The summed E-state index contributed by atoms with van der Waals surface area (Å²) in [4.78, 5) is 13.2. The van der Waals surface area contributed by atoms with E-state index in [1.54, 1.807) is 6.08 Å². The Hall–Kier alpha value is -1.72. The second-order valence-electron chi connectivity index (χ2n) is 19.3. The number of aliphatic hydroxyl groups excluding tert-OH is 5. The number of aliphatic hydroxyl groups is 5. The molecular formula is C54H101NO12S. The summed E-state index contributed by atoms with van der Waals surface area (Å²) in [5.41, 5.74) is 0. The van der Waals surface area contributed by atoms with Crippen molar-refractivity contribution in [2.24, 2.45) is 0 Å². The molecule has 1 rings (SSSR count). The van der Waals surface area contributed by atoms with Crippen LogP contribution in [0.2, 0.25) is 0 Å². The van der Waals surface area contributed by atoms with Crippen molar-refractivity contribution in [3.05, 3.63) is 36.5 Å². The van der Waals surface area contributed by atoms with Crippen molar-refractivity contribution < 1.29 is 57.0 Å². The molecule has 1 saturated heterocycles. The van der Waals surface area contributed by atoms with Crippen molar-refractivity contribution in [1.29, 1.82) is 0 Å². The minimum atomic E-state index is -5.13. The molecule has 1 aliphatic heterocycles. The predicted molar refractivity (Wildman–Crippen MR) is 274 cm³/mol. The van der Waals surface area contributed by atoms with E-state index in [1.807, 2.05) is 0 Å². The molecule has 0 bridgehead atoms. The third-order valence-electron chi connectivity index (χ3n) is 13.0. The first-order chi connectivity index (χ1) is 32.9. The van der Waals surface area contributed by atoms with Crippen LogP contribution in [0.1, 0.15) is 239 Å². The van der Waals surface area contributed by atoms with Gasteiger partial charge in [0.1, 0.15) is 30.5 Å². The van der Waals surface area contributed by atoms with Crippen LogP contribution in [0, 0.1) is 0 Å². The quantitative estimate of drug-likeness (QED) is 0.0172. The molecule has 1 fully saturated rings. The van der Waals surface area contributed by atoms with Gasteiger partial charge in [-0.05, 0) is 44.9 Å². The molecule has 8 unspecified atom stereocenters. The molecule has 1 aliphatic rings. The van der Waals surface area contributed by atoms with E-state index in [0.717, 1.165) is 44.9 Å². The summed E-state index contributed by atoms with van der Waals surface area (Å²) in [6.45, 7) is 3.23. The number of nitrogens with one attached hydrogen (secondary N) is 1. The number of carbonyl (C=O) groups is 1. The average Bonchev–Trinajstić information content (AvgIpc) is 3.31. The van der Waals surface area contributed by atoms with Gasteiger partial charge in [0, 0.05) is 0 Å². The van der Waals surface area contributed by atoms with Crippen molar-refractivity contribution in [3.63, 3.8) is 0 Å². The number of hydrogen-bond acceptors (Lipinski definition) is 11. The van der Waals surface area contributed by atoms with Gasteiger partial charge in [-0.1, -0.05) is 230 Å². The number of unbranched alkanes of at least 4 members (excludes halogenated alkanes) is 30. The lowest BCUT2D eigenvalue weighted by Crippen LogP contribution is -2.61. The van der Waals surface area contributed by atoms with Crippen LogP contribution in [0.3, 0.4) is 0 Å². The van der Waals surface area contributed by atoms with Crippen LogP contribution in [0.25, 0.3) is 0 Å². The highest BCUT2D eigenvalue weighted by Gasteiger charge is 2.48. The SMILES string of the molecule is CCCCCCCCCCCCC/C=C/CC/C=C/CC/C=C/C(O)C(COC1OC(CO)C(O)C(OS(=O)(=O)O)C1O)NC(=O)C(O)CCCCCCCCCCCCCCCCCCCC. The Morgan fingerprint density at radius 1 is 0.588 bits per heavy atom. The number of carbonyl (C=O) groups excluding carboxylic acids is 1. The number of hydrogen-bond donors (Lipinski definition) is 7. The highest BCUT2D eigenvalue weighted by molar-refractivity contribution is 7.80. The van der Waals surface area contributed by atoms with Gasteiger partial charge in [0.15, 0.2) is 6.29 Å². The Kier molecular flexibility index (Phi) is 41.6. The normalized spacial score (nSPS) is 20.5. The molecule has 0 aromatic heterocycles. The van der Waals surface area contributed by atoms with Crippen molar-refractivity contribution in [1.82, 2.24) is 5.32 Å². The molecule has 68 heavy (non-hydrogen) atoms. The summed E-state index contributed by atoms with van der Waals surface area (Å²) < 4.78 is 47.7. The second-order valence-corrected chi connectivity index (χ2v) is 20.3. The van der Waals surface area contributed by atoms with Gasteiger partial charge in [-0.2, -0.15) is 8.42 Å². The highest BCUT2D eigenvalue weighted by Crippen LogP contribution is 2.26. The van der Waals surface area contributed by atoms with E-state index in [4.69, 9.17) is 9.47 Å². The molecule has 0 aromatic rings. The molecular weight excluding hydrogens is 887 g/mol. The van der Waals surface area contributed by atoms with Crippen molar-refractivity contribution in [3.8, 4) is 0 Å². The molecule has 1 heterocycles. The Bertz CT molecular complexity index is 1360. The topological polar surface area (TPSA) is 212 Å².